The predicted molar refractivity (Wildman–Crippen MR) is 88.7 cm³/mol. The van der Waals surface area contributed by atoms with E-state index in [0.717, 1.165) is 23.3 Å². The first-order valence-corrected chi connectivity index (χ1v) is 9.22. The average molecular weight is 325 g/mol. The molecule has 0 atom stereocenters. The highest BCUT2D eigenvalue weighted by Crippen LogP contribution is 2.34. The molecule has 2 aliphatic rings. The zero-order valence-electron chi connectivity index (χ0n) is 12.2. The fourth-order valence-electron chi connectivity index (χ4n) is 3.18. The number of Topliss-reactive ketones (excluding diaryl/α,β-unsaturated/α-hetero) is 1. The number of rotatable bonds is 5. The van der Waals surface area contributed by atoms with Crippen LogP contribution in [0.4, 0.5) is 0 Å². The lowest BCUT2D eigenvalue weighted by Gasteiger charge is -2.20. The Morgan fingerprint density at radius 1 is 1.29 bits per heavy atom. The van der Waals surface area contributed by atoms with Gasteiger partial charge in [0.15, 0.2) is 0 Å². The quantitative estimate of drug-likeness (QED) is 0.800. The highest BCUT2D eigenvalue weighted by atomic mass is 35.5. The van der Waals surface area contributed by atoms with Crippen LogP contribution in [0.5, 0.6) is 5.75 Å². The second kappa shape index (κ2) is 7.06. The van der Waals surface area contributed by atoms with E-state index in [1.54, 1.807) is 0 Å². The van der Waals surface area contributed by atoms with E-state index < -0.39 is 0 Å². The Bertz CT molecular complexity index is 524. The Morgan fingerprint density at radius 3 is 2.90 bits per heavy atom. The van der Waals surface area contributed by atoms with Crippen molar-refractivity contribution in [1.29, 1.82) is 0 Å². The molecule has 0 unspecified atom stereocenters. The molecule has 0 saturated heterocycles. The minimum absolute atomic E-state index is 0.283. The number of ether oxygens (including phenoxy) is 1. The number of hydrogen-bond acceptors (Lipinski definition) is 3. The number of fused-ring (bicyclic) bond motifs is 1. The zero-order chi connectivity index (χ0) is 14.7. The second-order valence-electron chi connectivity index (χ2n) is 5.94. The van der Waals surface area contributed by atoms with E-state index in [-0.39, 0.29) is 5.78 Å². The molecule has 1 aliphatic heterocycles. The van der Waals surface area contributed by atoms with Crippen molar-refractivity contribution in [2.24, 2.45) is 0 Å². The van der Waals surface area contributed by atoms with Gasteiger partial charge in [-0.25, -0.2) is 0 Å². The molecule has 1 fully saturated rings. The molecule has 0 N–H and O–H groups in total. The van der Waals surface area contributed by atoms with Crippen molar-refractivity contribution in [3.63, 3.8) is 0 Å². The molecule has 0 aromatic heterocycles. The zero-order valence-corrected chi connectivity index (χ0v) is 13.8. The molecule has 1 heterocycles. The lowest BCUT2D eigenvalue weighted by Crippen LogP contribution is -2.13. The summed E-state index contributed by atoms with van der Waals surface area (Å²) in [5.74, 6) is 1.80. The second-order valence-corrected chi connectivity index (χ2v) is 7.66. The van der Waals surface area contributed by atoms with E-state index in [9.17, 15) is 4.79 Å². The van der Waals surface area contributed by atoms with Gasteiger partial charge < -0.3 is 4.74 Å². The lowest BCUT2D eigenvalue weighted by atomic mass is 10.0. The molecular formula is C17H21ClO2S. The van der Waals surface area contributed by atoms with Crippen molar-refractivity contribution in [3.05, 3.63) is 28.3 Å². The Hall–Kier alpha value is -0.670. The van der Waals surface area contributed by atoms with Crippen molar-refractivity contribution in [3.8, 4) is 5.75 Å². The summed E-state index contributed by atoms with van der Waals surface area (Å²) in [5, 5.41) is 1.39. The third kappa shape index (κ3) is 3.95. The van der Waals surface area contributed by atoms with Crippen molar-refractivity contribution < 1.29 is 9.53 Å². The van der Waals surface area contributed by atoms with E-state index in [0.29, 0.717) is 29.1 Å². The van der Waals surface area contributed by atoms with Gasteiger partial charge in [0.1, 0.15) is 11.5 Å². The summed E-state index contributed by atoms with van der Waals surface area (Å²) in [4.78, 5) is 12.2. The maximum absolute atomic E-state index is 12.2. The average Bonchev–Trinajstić information content (AvgIpc) is 2.94. The third-order valence-corrected chi connectivity index (χ3v) is 5.89. The van der Waals surface area contributed by atoms with Gasteiger partial charge in [0.25, 0.3) is 0 Å². The van der Waals surface area contributed by atoms with Crippen LogP contribution in [0.15, 0.2) is 12.1 Å². The summed E-state index contributed by atoms with van der Waals surface area (Å²) in [6.07, 6.45) is 7.89. The molecule has 114 valence electrons. The van der Waals surface area contributed by atoms with Gasteiger partial charge in [-0.2, -0.15) is 11.8 Å². The normalized spacial score (nSPS) is 18.3. The van der Waals surface area contributed by atoms with E-state index in [1.807, 2.05) is 23.9 Å². The Morgan fingerprint density at radius 2 is 2.10 bits per heavy atom. The first-order valence-electron chi connectivity index (χ1n) is 7.80. The summed E-state index contributed by atoms with van der Waals surface area (Å²) in [6.45, 7) is 0.702. The van der Waals surface area contributed by atoms with Crippen molar-refractivity contribution in [1.82, 2.24) is 0 Å². The van der Waals surface area contributed by atoms with Crippen LogP contribution in [0.1, 0.15) is 43.2 Å². The highest BCUT2D eigenvalue weighted by molar-refractivity contribution is 8.00. The molecule has 0 spiro atoms. The highest BCUT2D eigenvalue weighted by Gasteiger charge is 2.20. The number of ketones is 1. The van der Waals surface area contributed by atoms with Crippen molar-refractivity contribution in [2.75, 3.05) is 12.4 Å². The number of halogens is 1. The standard InChI is InChI=1S/C17H21ClO2S/c18-14-8-12-6-7-20-17(12)13(9-14)10-15(19)11-21-16-4-2-1-3-5-16/h8-9,16H,1-7,10-11H2. The van der Waals surface area contributed by atoms with Crippen LogP contribution < -0.4 is 4.74 Å². The van der Waals surface area contributed by atoms with Gasteiger partial charge >= 0.3 is 0 Å². The van der Waals surface area contributed by atoms with E-state index >= 15 is 0 Å². The van der Waals surface area contributed by atoms with Crippen LogP contribution in [0.25, 0.3) is 0 Å². The monoisotopic (exact) mass is 324 g/mol. The smallest absolute Gasteiger partial charge is 0.147 e. The van der Waals surface area contributed by atoms with Crippen LogP contribution in [0.3, 0.4) is 0 Å². The number of thioether (sulfide) groups is 1. The molecule has 4 heteroatoms. The number of benzene rings is 1. The molecule has 3 rings (SSSR count). The van der Waals surface area contributed by atoms with Crippen LogP contribution in [0.2, 0.25) is 5.02 Å². The van der Waals surface area contributed by atoms with E-state index in [1.165, 1.54) is 32.1 Å². The number of hydrogen-bond donors (Lipinski definition) is 0. The predicted octanol–water partition coefficient (Wildman–Crippen LogP) is 4.45. The van der Waals surface area contributed by atoms with Gasteiger partial charge in [0, 0.05) is 28.7 Å². The minimum Gasteiger partial charge on any atom is -0.493 e. The van der Waals surface area contributed by atoms with Gasteiger partial charge in [0.05, 0.1) is 12.4 Å². The maximum atomic E-state index is 12.2. The van der Waals surface area contributed by atoms with Gasteiger partial charge in [-0.3, -0.25) is 4.79 Å². The van der Waals surface area contributed by atoms with Gasteiger partial charge in [-0.15, -0.1) is 0 Å². The molecule has 0 amide bonds. The fourth-order valence-corrected chi connectivity index (χ4v) is 4.64. The topological polar surface area (TPSA) is 26.3 Å². The van der Waals surface area contributed by atoms with E-state index in [2.05, 4.69) is 0 Å². The molecule has 1 aromatic rings. The summed E-state index contributed by atoms with van der Waals surface area (Å²) < 4.78 is 5.66. The van der Waals surface area contributed by atoms with Gasteiger partial charge in [0.2, 0.25) is 0 Å². The van der Waals surface area contributed by atoms with Crippen LogP contribution >= 0.6 is 23.4 Å². The van der Waals surface area contributed by atoms with Gasteiger partial charge in [-0.1, -0.05) is 30.9 Å². The molecule has 0 radical (unpaired) electrons. The Kier molecular flexibility index (Phi) is 5.12. The molecule has 21 heavy (non-hydrogen) atoms. The molecule has 0 bridgehead atoms. The minimum atomic E-state index is 0.283. The first kappa shape index (κ1) is 15.2. The largest absolute Gasteiger partial charge is 0.493 e. The third-order valence-electron chi connectivity index (χ3n) is 4.25. The lowest BCUT2D eigenvalue weighted by molar-refractivity contribution is -0.116. The van der Waals surface area contributed by atoms with Crippen LogP contribution in [-0.2, 0) is 17.6 Å². The van der Waals surface area contributed by atoms with Crippen LogP contribution in [0, 0.1) is 0 Å². The molecule has 1 aliphatic carbocycles. The molecule has 1 aromatic carbocycles. The molecule has 2 nitrogen and oxygen atoms in total. The number of carbonyl (C=O) groups excluding carboxylic acids is 1. The van der Waals surface area contributed by atoms with Gasteiger partial charge in [-0.05, 0) is 30.5 Å². The molecular weight excluding hydrogens is 304 g/mol. The Balaban J connectivity index is 1.57. The van der Waals surface area contributed by atoms with Crippen molar-refractivity contribution in [2.45, 2.75) is 50.2 Å². The van der Waals surface area contributed by atoms with Crippen molar-refractivity contribution >= 4 is 29.1 Å². The molecule has 1 saturated carbocycles. The Labute approximate surface area is 135 Å². The number of carbonyl (C=O) groups is 1. The fraction of sp³-hybridized carbons (Fsp3) is 0.588. The maximum Gasteiger partial charge on any atom is 0.147 e. The summed E-state index contributed by atoms with van der Waals surface area (Å²) >= 11 is 7.98. The summed E-state index contributed by atoms with van der Waals surface area (Å²) in [5.41, 5.74) is 2.11. The van der Waals surface area contributed by atoms with E-state index in [4.69, 9.17) is 16.3 Å². The summed E-state index contributed by atoms with van der Waals surface area (Å²) in [6, 6.07) is 3.84. The van der Waals surface area contributed by atoms with Crippen LogP contribution in [-0.4, -0.2) is 23.4 Å². The summed E-state index contributed by atoms with van der Waals surface area (Å²) in [7, 11) is 0. The first-order chi connectivity index (χ1) is 10.2. The SMILES string of the molecule is O=C(CSC1CCCCC1)Cc1cc(Cl)cc2c1OCC2.